The number of amides is 1. The summed E-state index contributed by atoms with van der Waals surface area (Å²) < 4.78 is 77.1. The molecule has 0 spiro atoms. The van der Waals surface area contributed by atoms with Crippen LogP contribution in [0.15, 0.2) is 58.9 Å². The minimum Gasteiger partial charge on any atom is -0.497 e. The maximum absolute atomic E-state index is 13.1. The largest absolute Gasteiger partial charge is 0.497 e. The third-order valence-corrected chi connectivity index (χ3v) is 8.70. The van der Waals surface area contributed by atoms with Crippen LogP contribution in [0.4, 0.5) is 13.2 Å². The molecule has 1 N–H and O–H groups in total. The molecule has 2 aromatic heterocycles. The number of likely N-dealkylation sites (tertiary alicyclic amines) is 1. The average molecular weight is 580 g/mol. The van der Waals surface area contributed by atoms with Crippen molar-refractivity contribution in [3.05, 3.63) is 59.6 Å². The topological polar surface area (TPSA) is 115 Å². The molecular formula is C25H20F3N3O6S2. The predicted octanol–water partition coefficient (Wildman–Crippen LogP) is 4.01. The number of benzene rings is 2. The van der Waals surface area contributed by atoms with Gasteiger partial charge in [0.1, 0.15) is 11.8 Å². The predicted molar refractivity (Wildman–Crippen MR) is 136 cm³/mol. The van der Waals surface area contributed by atoms with Gasteiger partial charge in [0.15, 0.2) is 0 Å². The Morgan fingerprint density at radius 2 is 1.95 bits per heavy atom. The van der Waals surface area contributed by atoms with Crippen molar-refractivity contribution in [2.75, 3.05) is 13.7 Å². The number of methoxy groups -OCH3 is 1. The van der Waals surface area contributed by atoms with Crippen LogP contribution < -0.4 is 14.2 Å². The molecule has 39 heavy (non-hydrogen) atoms. The van der Waals surface area contributed by atoms with Crippen molar-refractivity contribution in [2.24, 2.45) is 0 Å². The second kappa shape index (κ2) is 10.1. The van der Waals surface area contributed by atoms with Gasteiger partial charge in [-0.1, -0.05) is 12.1 Å². The van der Waals surface area contributed by atoms with E-state index in [1.165, 1.54) is 41.7 Å². The molecule has 0 bridgehead atoms. The zero-order valence-corrected chi connectivity index (χ0v) is 21.8. The number of carbonyl (C=O) groups excluding carboxylic acids is 2. The summed E-state index contributed by atoms with van der Waals surface area (Å²) in [5.41, 5.74) is 0.424. The van der Waals surface area contributed by atoms with Gasteiger partial charge in [0, 0.05) is 24.0 Å². The average Bonchev–Trinajstić information content (AvgIpc) is 3.46. The van der Waals surface area contributed by atoms with E-state index in [1.807, 2.05) is 0 Å². The molecule has 1 fully saturated rings. The highest BCUT2D eigenvalue weighted by Gasteiger charge is 2.42. The fourth-order valence-corrected chi connectivity index (χ4v) is 6.51. The Morgan fingerprint density at radius 3 is 2.69 bits per heavy atom. The number of nitrogens with one attached hydrogen (secondary N) is 1. The molecule has 14 heteroatoms. The Kier molecular flexibility index (Phi) is 6.95. The number of halogens is 3. The minimum atomic E-state index is -5.20. The van der Waals surface area contributed by atoms with E-state index in [-0.39, 0.29) is 29.8 Å². The van der Waals surface area contributed by atoms with Crippen LogP contribution in [-0.4, -0.2) is 56.1 Å². The Balaban J connectivity index is 1.33. The lowest BCUT2D eigenvalue weighted by molar-refractivity contribution is -0.189. The number of nitrogens with zero attached hydrogens (tertiary/aromatic N) is 2. The zero-order valence-electron chi connectivity index (χ0n) is 20.2. The summed E-state index contributed by atoms with van der Waals surface area (Å²) in [5.74, 6) is -2.83. The first-order valence-corrected chi connectivity index (χ1v) is 13.9. The second-order valence-electron chi connectivity index (χ2n) is 8.73. The van der Waals surface area contributed by atoms with E-state index >= 15 is 0 Å². The van der Waals surface area contributed by atoms with Crippen molar-refractivity contribution < 1.29 is 40.7 Å². The van der Waals surface area contributed by atoms with Crippen LogP contribution in [0.25, 0.3) is 20.9 Å². The maximum Gasteiger partial charge on any atom is 0.491 e. The molecule has 1 amide bonds. The van der Waals surface area contributed by atoms with Crippen LogP contribution in [-0.2, 0) is 26.2 Å². The summed E-state index contributed by atoms with van der Waals surface area (Å²) >= 11 is 1.19. The molecule has 5 rings (SSSR count). The van der Waals surface area contributed by atoms with Crippen LogP contribution in [0.5, 0.6) is 11.6 Å². The zero-order chi connectivity index (χ0) is 27.9. The summed E-state index contributed by atoms with van der Waals surface area (Å²) in [6.07, 6.45) is -3.79. The summed E-state index contributed by atoms with van der Waals surface area (Å²) in [6, 6.07) is 10.4. The van der Waals surface area contributed by atoms with Crippen molar-refractivity contribution >= 4 is 54.1 Å². The number of alkyl halides is 3. The molecule has 4 aromatic rings. The van der Waals surface area contributed by atoms with Gasteiger partial charge in [-0.15, -0.1) is 11.3 Å². The number of hydrogen-bond acceptors (Lipinski definition) is 8. The molecule has 2 aromatic carbocycles. The SMILES string of the molecule is COc1ccc2ccc(S(=O)(=O)NC3CCN(Cc4csc5ccnc(OC(=O)C(F)(F)F)c45)C3=O)cc2c1. The van der Waals surface area contributed by atoms with Gasteiger partial charge in [-0.25, -0.2) is 18.2 Å². The van der Waals surface area contributed by atoms with Crippen LogP contribution in [0.2, 0.25) is 0 Å². The van der Waals surface area contributed by atoms with Crippen molar-refractivity contribution in [3.8, 4) is 11.6 Å². The van der Waals surface area contributed by atoms with Crippen LogP contribution in [0.1, 0.15) is 12.0 Å². The van der Waals surface area contributed by atoms with E-state index in [1.54, 1.807) is 35.7 Å². The molecular weight excluding hydrogens is 559 g/mol. The second-order valence-corrected chi connectivity index (χ2v) is 11.4. The van der Waals surface area contributed by atoms with Crippen LogP contribution >= 0.6 is 11.3 Å². The fourth-order valence-electron chi connectivity index (χ4n) is 4.32. The Labute approximate surface area is 224 Å². The fraction of sp³-hybridized carbons (Fsp3) is 0.240. The summed E-state index contributed by atoms with van der Waals surface area (Å²) in [5, 5.41) is 3.28. The van der Waals surface area contributed by atoms with Crippen LogP contribution in [0, 0.1) is 0 Å². The summed E-state index contributed by atoms with van der Waals surface area (Å²) in [4.78, 5) is 29.6. The lowest BCUT2D eigenvalue weighted by atomic mass is 10.1. The van der Waals surface area contributed by atoms with Crippen molar-refractivity contribution in [3.63, 3.8) is 0 Å². The van der Waals surface area contributed by atoms with Gasteiger partial charge in [0.25, 0.3) is 0 Å². The van der Waals surface area contributed by atoms with E-state index in [4.69, 9.17) is 4.74 Å². The number of rotatable bonds is 7. The van der Waals surface area contributed by atoms with Crippen molar-refractivity contribution in [1.82, 2.24) is 14.6 Å². The molecule has 1 aliphatic heterocycles. The number of carbonyl (C=O) groups is 2. The molecule has 9 nitrogen and oxygen atoms in total. The van der Waals surface area contributed by atoms with E-state index in [2.05, 4.69) is 14.4 Å². The number of fused-ring (bicyclic) bond motifs is 2. The van der Waals surface area contributed by atoms with Crippen LogP contribution in [0.3, 0.4) is 0 Å². The molecule has 3 heterocycles. The van der Waals surface area contributed by atoms with Gasteiger partial charge in [-0.3, -0.25) is 4.79 Å². The first-order chi connectivity index (χ1) is 18.5. The normalized spacial score (nSPS) is 16.3. The number of ether oxygens (including phenoxy) is 2. The summed E-state index contributed by atoms with van der Waals surface area (Å²) in [6.45, 7) is 0.172. The standard InChI is InChI=1S/C25H20F3N3O6S2/c1-36-17-4-2-14-3-5-18(11-15(14)10-17)39(34,35)30-19-7-9-31(23(19)32)12-16-13-38-20-6-8-29-22(21(16)20)37-24(33)25(26,27)28/h2-6,8,10-11,13,19,30H,7,9,12H2,1H3. The Bertz CT molecular complexity index is 1700. The molecule has 0 aliphatic carbocycles. The number of aromatic nitrogens is 1. The number of thiophene rings is 1. The highest BCUT2D eigenvalue weighted by atomic mass is 32.2. The quantitative estimate of drug-likeness (QED) is 0.329. The first-order valence-electron chi connectivity index (χ1n) is 11.5. The third-order valence-electron chi connectivity index (χ3n) is 6.23. The van der Waals surface area contributed by atoms with Gasteiger partial charge in [0.05, 0.1) is 17.4 Å². The highest BCUT2D eigenvalue weighted by Crippen LogP contribution is 2.35. The molecule has 1 atom stereocenters. The first kappa shape index (κ1) is 26.8. The third kappa shape index (κ3) is 5.40. The molecule has 1 saturated heterocycles. The minimum absolute atomic E-state index is 0.0134. The molecule has 1 unspecified atom stereocenters. The van der Waals surface area contributed by atoms with Gasteiger partial charge < -0.3 is 14.4 Å². The van der Waals surface area contributed by atoms with Gasteiger partial charge >= 0.3 is 12.1 Å². The maximum atomic E-state index is 13.1. The van der Waals surface area contributed by atoms with E-state index in [0.29, 0.717) is 21.4 Å². The Morgan fingerprint density at radius 1 is 1.18 bits per heavy atom. The number of hydrogen-bond donors (Lipinski definition) is 1. The van der Waals surface area contributed by atoms with Crippen molar-refractivity contribution in [2.45, 2.75) is 30.1 Å². The van der Waals surface area contributed by atoms with Gasteiger partial charge in [-0.2, -0.15) is 17.9 Å². The van der Waals surface area contributed by atoms with E-state index < -0.39 is 40.0 Å². The van der Waals surface area contributed by atoms with E-state index in [9.17, 15) is 31.2 Å². The highest BCUT2D eigenvalue weighted by molar-refractivity contribution is 7.89. The molecule has 0 radical (unpaired) electrons. The van der Waals surface area contributed by atoms with E-state index in [0.717, 1.165) is 5.39 Å². The smallest absolute Gasteiger partial charge is 0.491 e. The Hall–Kier alpha value is -3.75. The number of esters is 1. The number of pyridine rings is 1. The molecule has 1 aliphatic rings. The molecule has 0 saturated carbocycles. The van der Waals surface area contributed by atoms with Gasteiger partial charge in [-0.05, 0) is 58.5 Å². The van der Waals surface area contributed by atoms with Crippen molar-refractivity contribution in [1.29, 1.82) is 0 Å². The van der Waals surface area contributed by atoms with Gasteiger partial charge in [0.2, 0.25) is 21.8 Å². The summed E-state index contributed by atoms with van der Waals surface area (Å²) in [7, 11) is -2.55. The monoisotopic (exact) mass is 579 g/mol. The number of sulfonamides is 1. The lowest BCUT2D eigenvalue weighted by Crippen LogP contribution is -2.41. The lowest BCUT2D eigenvalue weighted by Gasteiger charge is -2.17. The molecule has 204 valence electrons.